The van der Waals surface area contributed by atoms with Gasteiger partial charge in [0.2, 0.25) is 0 Å². The van der Waals surface area contributed by atoms with Crippen molar-refractivity contribution in [2.75, 3.05) is 4.31 Å². The summed E-state index contributed by atoms with van der Waals surface area (Å²) in [5, 5.41) is 10.0. The number of sulfonamides is 1. The Morgan fingerprint density at radius 2 is 1.70 bits per heavy atom. The van der Waals surface area contributed by atoms with E-state index in [0.717, 1.165) is 25.7 Å². The Morgan fingerprint density at radius 1 is 1.05 bits per heavy atom. The topological polar surface area (TPSA) is 83.9 Å². The molecule has 1 heterocycles. The zero-order valence-corrected chi connectivity index (χ0v) is 21.0. The van der Waals surface area contributed by atoms with E-state index >= 15 is 0 Å². The van der Waals surface area contributed by atoms with Crippen LogP contribution in [0.3, 0.4) is 0 Å². The molecule has 0 spiro atoms. The van der Waals surface area contributed by atoms with Gasteiger partial charge >= 0.3 is 12.1 Å². The Bertz CT molecular complexity index is 1600. The molecular formula is C25H19F4NO5S2. The smallest absolute Gasteiger partial charge is 0.394 e. The van der Waals surface area contributed by atoms with Crippen molar-refractivity contribution in [2.24, 2.45) is 0 Å². The molecule has 12 heteroatoms. The first-order valence-electron chi connectivity index (χ1n) is 10.7. The third kappa shape index (κ3) is 5.39. The van der Waals surface area contributed by atoms with Gasteiger partial charge in [0.05, 0.1) is 12.1 Å². The minimum atomic E-state index is -4.77. The number of hydrogen-bond acceptors (Lipinski definition) is 5. The fourth-order valence-corrected chi connectivity index (χ4v) is 6.70. The van der Waals surface area contributed by atoms with Gasteiger partial charge in [0.1, 0.15) is 27.3 Å². The number of thiophene rings is 1. The molecule has 0 fully saturated rings. The van der Waals surface area contributed by atoms with Gasteiger partial charge in [-0.1, -0.05) is 30.3 Å². The second-order valence-corrected chi connectivity index (χ2v) is 11.0. The number of benzene rings is 3. The molecular weight excluding hydrogens is 534 g/mol. The van der Waals surface area contributed by atoms with E-state index in [2.05, 4.69) is 4.74 Å². The number of anilines is 1. The third-order valence-electron chi connectivity index (χ3n) is 5.41. The van der Waals surface area contributed by atoms with Crippen molar-refractivity contribution in [3.63, 3.8) is 0 Å². The SMILES string of the molecule is Cc1c(N(Cc2ccc(OC(C)(F)F)cc2)S(=O)(=O)c2cc(F)c(C(=O)O)cc2F)sc2ccccc12. The van der Waals surface area contributed by atoms with Gasteiger partial charge in [0.15, 0.2) is 0 Å². The van der Waals surface area contributed by atoms with Crippen molar-refractivity contribution in [3.05, 3.63) is 89.0 Å². The van der Waals surface area contributed by atoms with Crippen LogP contribution in [-0.2, 0) is 16.6 Å². The maximum Gasteiger partial charge on any atom is 0.394 e. The van der Waals surface area contributed by atoms with E-state index in [0.29, 0.717) is 30.2 Å². The van der Waals surface area contributed by atoms with E-state index in [-0.39, 0.29) is 17.3 Å². The Kier molecular flexibility index (Phi) is 6.91. The van der Waals surface area contributed by atoms with Gasteiger partial charge in [0, 0.05) is 11.6 Å². The molecule has 1 aromatic heterocycles. The van der Waals surface area contributed by atoms with Gasteiger partial charge in [-0.2, -0.15) is 8.78 Å². The van der Waals surface area contributed by atoms with E-state index in [1.807, 2.05) is 0 Å². The highest BCUT2D eigenvalue weighted by atomic mass is 32.2. The summed E-state index contributed by atoms with van der Waals surface area (Å²) in [4.78, 5) is 10.1. The Labute approximate surface area is 213 Å². The van der Waals surface area contributed by atoms with Crippen LogP contribution in [0.2, 0.25) is 0 Å². The number of halogens is 4. The number of carboxylic acid groups (broad SMARTS) is 1. The van der Waals surface area contributed by atoms with Crippen LogP contribution >= 0.6 is 11.3 Å². The lowest BCUT2D eigenvalue weighted by atomic mass is 10.2. The molecule has 194 valence electrons. The summed E-state index contributed by atoms with van der Waals surface area (Å²) in [6.45, 7) is 1.89. The number of hydrogen-bond donors (Lipinski definition) is 1. The quantitative estimate of drug-likeness (QED) is 0.250. The normalized spacial score (nSPS) is 12.1. The molecule has 3 aromatic carbocycles. The summed E-state index contributed by atoms with van der Waals surface area (Å²) in [5.74, 6) is -4.75. The maximum absolute atomic E-state index is 14.9. The second kappa shape index (κ2) is 9.67. The molecule has 0 aliphatic heterocycles. The van der Waals surface area contributed by atoms with Crippen molar-refractivity contribution in [1.82, 2.24) is 0 Å². The van der Waals surface area contributed by atoms with Gasteiger partial charge in [-0.05, 0) is 53.8 Å². The van der Waals surface area contributed by atoms with Crippen LogP contribution in [-0.4, -0.2) is 25.6 Å². The summed E-state index contributed by atoms with van der Waals surface area (Å²) in [6.07, 6.45) is -3.42. The molecule has 0 bridgehead atoms. The van der Waals surface area contributed by atoms with Crippen LogP contribution in [0.4, 0.5) is 22.6 Å². The Morgan fingerprint density at radius 3 is 2.30 bits per heavy atom. The lowest BCUT2D eigenvalue weighted by Gasteiger charge is -2.25. The molecule has 0 radical (unpaired) electrons. The molecule has 4 aromatic rings. The lowest BCUT2D eigenvalue weighted by molar-refractivity contribution is -0.158. The van der Waals surface area contributed by atoms with Crippen molar-refractivity contribution >= 4 is 42.4 Å². The molecule has 0 atom stereocenters. The number of aryl methyl sites for hydroxylation is 1. The number of rotatable bonds is 8. The first kappa shape index (κ1) is 26.4. The fraction of sp³-hybridized carbons (Fsp3) is 0.160. The predicted molar refractivity (Wildman–Crippen MR) is 131 cm³/mol. The van der Waals surface area contributed by atoms with Crippen LogP contribution in [0, 0.1) is 18.6 Å². The molecule has 0 saturated heterocycles. The largest absolute Gasteiger partial charge is 0.478 e. The zero-order chi connectivity index (χ0) is 27.1. The molecule has 1 N–H and O–H groups in total. The summed E-state index contributed by atoms with van der Waals surface area (Å²) in [7, 11) is -4.77. The van der Waals surface area contributed by atoms with E-state index < -0.39 is 44.2 Å². The average Bonchev–Trinajstić information content (AvgIpc) is 3.14. The first-order valence-corrected chi connectivity index (χ1v) is 12.9. The number of alkyl halides is 2. The number of carbonyl (C=O) groups is 1. The van der Waals surface area contributed by atoms with Crippen molar-refractivity contribution in [3.8, 4) is 5.75 Å². The minimum absolute atomic E-state index is 0.152. The second-order valence-electron chi connectivity index (χ2n) is 8.16. The van der Waals surface area contributed by atoms with Crippen molar-refractivity contribution in [2.45, 2.75) is 31.4 Å². The Balaban J connectivity index is 1.84. The summed E-state index contributed by atoms with van der Waals surface area (Å²) in [5.41, 5.74) is -0.0996. The Hall–Kier alpha value is -3.64. The molecule has 0 amide bonds. The monoisotopic (exact) mass is 553 g/mol. The standard InChI is InChI=1S/C25H19F4NO5S2/c1-14-17-5-3-4-6-21(17)36-23(14)30(13-15-7-9-16(10-8-15)35-25(2,28)29)37(33,34)22-12-19(26)18(24(31)32)11-20(22)27/h3-12H,13H2,1-2H3,(H,31,32). The first-order chi connectivity index (χ1) is 17.3. The van der Waals surface area contributed by atoms with Gasteiger partial charge < -0.3 is 9.84 Å². The van der Waals surface area contributed by atoms with E-state index in [4.69, 9.17) is 5.11 Å². The molecule has 0 unspecified atom stereocenters. The predicted octanol–water partition coefficient (Wildman–Crippen LogP) is 6.57. The van der Waals surface area contributed by atoms with Crippen molar-refractivity contribution in [1.29, 1.82) is 0 Å². The number of aromatic carboxylic acids is 1. The maximum atomic E-state index is 14.9. The van der Waals surface area contributed by atoms with Crippen molar-refractivity contribution < 1.29 is 40.6 Å². The number of nitrogens with zero attached hydrogens (tertiary/aromatic N) is 1. The fourth-order valence-electron chi connectivity index (χ4n) is 3.71. The summed E-state index contributed by atoms with van der Waals surface area (Å²) < 4.78 is 89.2. The average molecular weight is 554 g/mol. The molecule has 0 aliphatic rings. The van der Waals surface area contributed by atoms with E-state index in [1.54, 1.807) is 31.2 Å². The minimum Gasteiger partial charge on any atom is -0.478 e. The highest BCUT2D eigenvalue weighted by molar-refractivity contribution is 7.93. The van der Waals surface area contributed by atoms with Gasteiger partial charge in [-0.3, -0.25) is 4.31 Å². The van der Waals surface area contributed by atoms with Gasteiger partial charge in [-0.25, -0.2) is 22.0 Å². The van der Waals surface area contributed by atoms with Crippen LogP contribution in [0.25, 0.3) is 10.1 Å². The third-order valence-corrected chi connectivity index (χ3v) is 8.58. The summed E-state index contributed by atoms with van der Waals surface area (Å²) >= 11 is 1.11. The molecule has 0 saturated carbocycles. The van der Waals surface area contributed by atoms with Crippen LogP contribution in [0.1, 0.15) is 28.4 Å². The number of fused-ring (bicyclic) bond motifs is 1. The molecule has 4 rings (SSSR count). The molecule has 0 aliphatic carbocycles. The highest BCUT2D eigenvalue weighted by Crippen LogP contribution is 2.41. The number of carboxylic acids is 1. The summed E-state index contributed by atoms with van der Waals surface area (Å²) in [6, 6.07) is 13.0. The zero-order valence-electron chi connectivity index (χ0n) is 19.3. The van der Waals surface area contributed by atoms with Crippen LogP contribution in [0.5, 0.6) is 5.75 Å². The number of ether oxygens (including phenoxy) is 1. The van der Waals surface area contributed by atoms with Crippen LogP contribution < -0.4 is 9.04 Å². The molecule has 6 nitrogen and oxygen atoms in total. The van der Waals surface area contributed by atoms with Gasteiger partial charge in [0.25, 0.3) is 10.0 Å². The molecule has 37 heavy (non-hydrogen) atoms. The van der Waals surface area contributed by atoms with E-state index in [9.17, 15) is 30.8 Å². The van der Waals surface area contributed by atoms with E-state index in [1.165, 1.54) is 24.3 Å². The van der Waals surface area contributed by atoms with Crippen LogP contribution in [0.15, 0.2) is 65.6 Å². The van der Waals surface area contributed by atoms with Gasteiger partial charge in [-0.15, -0.1) is 11.3 Å². The lowest BCUT2D eigenvalue weighted by Crippen LogP contribution is -2.31. The highest BCUT2D eigenvalue weighted by Gasteiger charge is 2.33.